The van der Waals surface area contributed by atoms with E-state index in [-0.39, 0.29) is 17.5 Å². The van der Waals surface area contributed by atoms with Crippen LogP contribution >= 0.6 is 11.3 Å². The molecule has 2 N–H and O–H groups in total. The third-order valence-corrected chi connectivity index (χ3v) is 6.47. The number of benzene rings is 1. The molecule has 1 saturated carbocycles. The predicted octanol–water partition coefficient (Wildman–Crippen LogP) is 5.94. The minimum absolute atomic E-state index is 0.103. The van der Waals surface area contributed by atoms with Gasteiger partial charge in [-0.15, -0.1) is 11.3 Å². The Hall–Kier alpha value is -3.43. The number of hydrogen-bond donors (Lipinski definition) is 2. The second-order valence-electron chi connectivity index (χ2n) is 9.05. The van der Waals surface area contributed by atoms with E-state index in [0.717, 1.165) is 36.2 Å². The van der Waals surface area contributed by atoms with Crippen molar-refractivity contribution in [1.82, 2.24) is 20.3 Å². The van der Waals surface area contributed by atoms with E-state index in [9.17, 15) is 9.18 Å². The molecule has 1 aromatic carbocycles. The number of nitrogens with one attached hydrogen (secondary N) is 2. The molecule has 3 heterocycles. The van der Waals surface area contributed by atoms with Gasteiger partial charge >= 0.3 is 0 Å². The highest BCUT2D eigenvalue weighted by molar-refractivity contribution is 7.14. The van der Waals surface area contributed by atoms with Gasteiger partial charge < -0.3 is 9.73 Å². The molecule has 3 aromatic heterocycles. The normalized spacial score (nSPS) is 13.4. The number of aromatic nitrogens is 3. The molecule has 0 atom stereocenters. The van der Waals surface area contributed by atoms with E-state index in [0.29, 0.717) is 34.0 Å². The van der Waals surface area contributed by atoms with Gasteiger partial charge in [0, 0.05) is 35.6 Å². The molecule has 9 heteroatoms. The lowest BCUT2D eigenvalue weighted by atomic mass is 10.1. The third kappa shape index (κ3) is 5.31. The van der Waals surface area contributed by atoms with Crippen molar-refractivity contribution in [2.75, 3.05) is 5.32 Å². The Morgan fingerprint density at radius 3 is 2.66 bits per heavy atom. The average Bonchev–Trinajstić information content (AvgIpc) is 3.42. The van der Waals surface area contributed by atoms with Crippen LogP contribution in [0.2, 0.25) is 0 Å². The second kappa shape index (κ2) is 9.67. The molecule has 1 aliphatic rings. The molecule has 0 aliphatic heterocycles. The van der Waals surface area contributed by atoms with Gasteiger partial charge in [0.25, 0.3) is 5.91 Å². The molecule has 5 rings (SSSR count). The summed E-state index contributed by atoms with van der Waals surface area (Å²) in [4.78, 5) is 26.9. The van der Waals surface area contributed by atoms with Crippen LogP contribution in [0.4, 0.5) is 9.52 Å². The minimum atomic E-state index is -0.440. The number of aryl methyl sites for hydroxylation is 1. The number of thiazole rings is 1. The smallest absolute Gasteiger partial charge is 0.295 e. The fraction of sp³-hybridized carbons (Fsp3) is 0.308. The molecule has 35 heavy (non-hydrogen) atoms. The van der Waals surface area contributed by atoms with Gasteiger partial charge in [-0.1, -0.05) is 19.9 Å². The van der Waals surface area contributed by atoms with Gasteiger partial charge in [0.1, 0.15) is 17.2 Å². The molecule has 1 aliphatic carbocycles. The fourth-order valence-corrected chi connectivity index (χ4v) is 4.40. The van der Waals surface area contributed by atoms with E-state index in [1.54, 1.807) is 12.1 Å². The van der Waals surface area contributed by atoms with Crippen LogP contribution in [-0.4, -0.2) is 26.9 Å². The first kappa shape index (κ1) is 23.3. The Labute approximate surface area is 206 Å². The molecule has 0 saturated heterocycles. The molecular formula is C26H26FN5O2S. The summed E-state index contributed by atoms with van der Waals surface area (Å²) in [7, 11) is 0. The zero-order valence-corrected chi connectivity index (χ0v) is 20.6. The van der Waals surface area contributed by atoms with Crippen LogP contribution in [-0.2, 0) is 6.54 Å². The van der Waals surface area contributed by atoms with Crippen molar-refractivity contribution in [1.29, 1.82) is 0 Å². The van der Waals surface area contributed by atoms with Crippen LogP contribution in [0.1, 0.15) is 60.2 Å². The highest BCUT2D eigenvalue weighted by Crippen LogP contribution is 2.41. The summed E-state index contributed by atoms with van der Waals surface area (Å²) in [5.74, 6) is 0.0845. The van der Waals surface area contributed by atoms with Crippen LogP contribution in [0.5, 0.6) is 0 Å². The van der Waals surface area contributed by atoms with Crippen LogP contribution in [0.3, 0.4) is 0 Å². The van der Waals surface area contributed by atoms with Crippen molar-refractivity contribution in [2.45, 2.75) is 52.1 Å². The van der Waals surface area contributed by atoms with E-state index in [2.05, 4.69) is 45.5 Å². The van der Waals surface area contributed by atoms with Crippen LogP contribution < -0.4 is 10.6 Å². The van der Waals surface area contributed by atoms with Gasteiger partial charge in [-0.2, -0.15) is 0 Å². The molecule has 1 fully saturated rings. The van der Waals surface area contributed by atoms with Gasteiger partial charge in [0.15, 0.2) is 11.0 Å². The SMILES string of the molecule is Cc1cc(CNC(C)C)cnc1-c1csc(NC(=O)c2oc(C3CC3)nc2-c2ccc(F)cc2)n1. The third-order valence-electron chi connectivity index (χ3n) is 5.71. The molecule has 0 unspecified atom stereocenters. The number of pyridine rings is 1. The van der Waals surface area contributed by atoms with E-state index >= 15 is 0 Å². The summed E-state index contributed by atoms with van der Waals surface area (Å²) in [6.45, 7) is 6.96. The maximum absolute atomic E-state index is 13.4. The lowest BCUT2D eigenvalue weighted by Gasteiger charge is -2.09. The first-order valence-electron chi connectivity index (χ1n) is 11.6. The predicted molar refractivity (Wildman–Crippen MR) is 134 cm³/mol. The summed E-state index contributed by atoms with van der Waals surface area (Å²) in [5, 5.41) is 8.52. The van der Waals surface area contributed by atoms with Crippen molar-refractivity contribution < 1.29 is 13.6 Å². The van der Waals surface area contributed by atoms with E-state index < -0.39 is 5.91 Å². The quantitative estimate of drug-likeness (QED) is 0.317. The Morgan fingerprint density at radius 1 is 1.20 bits per heavy atom. The Kier molecular flexibility index (Phi) is 6.44. The molecule has 0 bridgehead atoms. The van der Waals surface area contributed by atoms with Crippen molar-refractivity contribution in [3.05, 3.63) is 70.5 Å². The van der Waals surface area contributed by atoms with Crippen molar-refractivity contribution in [3.8, 4) is 22.6 Å². The number of anilines is 1. The Balaban J connectivity index is 1.35. The summed E-state index contributed by atoms with van der Waals surface area (Å²) >= 11 is 1.32. The number of amides is 1. The second-order valence-corrected chi connectivity index (χ2v) is 9.91. The summed E-state index contributed by atoms with van der Waals surface area (Å²) in [6, 6.07) is 8.36. The maximum Gasteiger partial charge on any atom is 0.295 e. The van der Waals surface area contributed by atoms with Gasteiger partial charge in [-0.05, 0) is 55.2 Å². The van der Waals surface area contributed by atoms with Gasteiger partial charge in [-0.3, -0.25) is 15.1 Å². The maximum atomic E-state index is 13.4. The first-order chi connectivity index (χ1) is 16.9. The number of halogens is 1. The van der Waals surface area contributed by atoms with Gasteiger partial charge in [0.2, 0.25) is 5.76 Å². The molecule has 4 aromatic rings. The molecular weight excluding hydrogens is 465 g/mol. The zero-order valence-electron chi connectivity index (χ0n) is 19.8. The van der Waals surface area contributed by atoms with Crippen LogP contribution in [0.15, 0.2) is 46.3 Å². The van der Waals surface area contributed by atoms with Crippen molar-refractivity contribution >= 4 is 22.4 Å². The number of oxazole rings is 1. The molecule has 0 radical (unpaired) electrons. The number of rotatable bonds is 8. The van der Waals surface area contributed by atoms with Crippen LogP contribution in [0.25, 0.3) is 22.6 Å². The first-order valence-corrected chi connectivity index (χ1v) is 12.5. The highest BCUT2D eigenvalue weighted by Gasteiger charge is 2.32. The largest absolute Gasteiger partial charge is 0.435 e. The summed E-state index contributed by atoms with van der Waals surface area (Å²) < 4.78 is 19.3. The fourth-order valence-electron chi connectivity index (χ4n) is 3.71. The van der Waals surface area contributed by atoms with Crippen molar-refractivity contribution in [3.63, 3.8) is 0 Å². The number of carbonyl (C=O) groups is 1. The molecule has 180 valence electrons. The van der Waals surface area contributed by atoms with Gasteiger partial charge in [-0.25, -0.2) is 14.4 Å². The average molecular weight is 492 g/mol. The number of carbonyl (C=O) groups excluding carboxylic acids is 1. The highest BCUT2D eigenvalue weighted by atomic mass is 32.1. The Morgan fingerprint density at radius 2 is 1.97 bits per heavy atom. The number of nitrogens with zero attached hydrogens (tertiary/aromatic N) is 3. The standard InChI is InChI=1S/C26H26FN5O2S/c1-14(2)28-11-16-10-15(3)21(29-12-16)20-13-35-26(30-20)32-24(33)23-22(17-6-8-19(27)9-7-17)31-25(34-23)18-4-5-18/h6-10,12-14,18,28H,4-5,11H2,1-3H3,(H,30,32,33). The van der Waals surface area contributed by atoms with E-state index in [1.807, 2.05) is 18.5 Å². The molecule has 1 amide bonds. The van der Waals surface area contributed by atoms with E-state index in [4.69, 9.17) is 4.42 Å². The minimum Gasteiger partial charge on any atom is -0.435 e. The lowest BCUT2D eigenvalue weighted by molar-refractivity contribution is 0.0995. The summed E-state index contributed by atoms with van der Waals surface area (Å²) in [5.41, 5.74) is 4.62. The zero-order chi connectivity index (χ0) is 24.5. The Bertz CT molecular complexity index is 1360. The van der Waals surface area contributed by atoms with Crippen molar-refractivity contribution in [2.24, 2.45) is 0 Å². The summed E-state index contributed by atoms with van der Waals surface area (Å²) in [6.07, 6.45) is 3.82. The van der Waals surface area contributed by atoms with E-state index in [1.165, 1.54) is 23.5 Å². The monoisotopic (exact) mass is 491 g/mol. The van der Waals surface area contributed by atoms with Crippen LogP contribution in [0, 0.1) is 12.7 Å². The lowest BCUT2D eigenvalue weighted by Crippen LogP contribution is -2.21. The topological polar surface area (TPSA) is 92.9 Å². The van der Waals surface area contributed by atoms with Gasteiger partial charge in [0.05, 0.1) is 5.69 Å². The molecule has 0 spiro atoms. The molecule has 7 nitrogen and oxygen atoms in total. The number of hydrogen-bond acceptors (Lipinski definition) is 7.